The number of aliphatic carboxylic acids is 1. The summed E-state index contributed by atoms with van der Waals surface area (Å²) in [6.07, 6.45) is 1.56. The average Bonchev–Trinajstić information content (AvgIpc) is 2.26. The van der Waals surface area contributed by atoms with Crippen molar-refractivity contribution >= 4 is 12.0 Å². The van der Waals surface area contributed by atoms with E-state index < -0.39 is 12.1 Å². The number of aliphatic hydroxyl groups is 1. The van der Waals surface area contributed by atoms with Crippen LogP contribution in [0.2, 0.25) is 0 Å². The molecule has 1 atom stereocenters. The Morgan fingerprint density at radius 3 is 2.40 bits per heavy atom. The highest BCUT2D eigenvalue weighted by atomic mass is 16.4. The molecule has 1 aliphatic heterocycles. The van der Waals surface area contributed by atoms with Crippen LogP contribution in [0.15, 0.2) is 0 Å². The Morgan fingerprint density at radius 1 is 1.27 bits per heavy atom. The van der Waals surface area contributed by atoms with Crippen LogP contribution in [0.3, 0.4) is 0 Å². The number of rotatable bonds is 3. The Bertz CT molecular complexity index is 238. The first-order chi connectivity index (χ1) is 7.11. The van der Waals surface area contributed by atoms with E-state index in [-0.39, 0.29) is 12.6 Å². The molecule has 0 aromatic carbocycles. The monoisotopic (exact) mass is 216 g/mol. The number of amides is 2. The largest absolute Gasteiger partial charge is 0.479 e. The van der Waals surface area contributed by atoms with Gasteiger partial charge in [0, 0.05) is 13.1 Å². The standard InChI is InChI=1S/C9H16N2O4/c12-7(8(13)14)6-10-9(15)11-4-2-1-3-5-11/h7,12H,1-6H2,(H,10,15)(H,13,14). The summed E-state index contributed by atoms with van der Waals surface area (Å²) in [5, 5.41) is 19.7. The van der Waals surface area contributed by atoms with Crippen LogP contribution in [-0.4, -0.2) is 52.9 Å². The number of piperidine rings is 1. The van der Waals surface area contributed by atoms with Gasteiger partial charge in [0.25, 0.3) is 0 Å². The van der Waals surface area contributed by atoms with Crippen molar-refractivity contribution in [2.24, 2.45) is 0 Å². The third-order valence-electron chi connectivity index (χ3n) is 2.37. The normalized spacial score (nSPS) is 18.3. The Kier molecular flexibility index (Phi) is 4.36. The van der Waals surface area contributed by atoms with Gasteiger partial charge >= 0.3 is 12.0 Å². The van der Waals surface area contributed by atoms with Gasteiger partial charge in [-0.25, -0.2) is 9.59 Å². The number of likely N-dealkylation sites (tertiary alicyclic amines) is 1. The predicted molar refractivity (Wildman–Crippen MR) is 52.5 cm³/mol. The first kappa shape index (κ1) is 11.8. The van der Waals surface area contributed by atoms with Gasteiger partial charge in [-0.3, -0.25) is 0 Å². The quantitative estimate of drug-likeness (QED) is 0.600. The molecule has 0 aromatic rings. The molecule has 0 saturated carbocycles. The zero-order valence-electron chi connectivity index (χ0n) is 8.48. The van der Waals surface area contributed by atoms with E-state index in [1.54, 1.807) is 4.90 Å². The minimum absolute atomic E-state index is 0.245. The van der Waals surface area contributed by atoms with Crippen LogP contribution >= 0.6 is 0 Å². The third-order valence-corrected chi connectivity index (χ3v) is 2.37. The molecule has 1 rings (SSSR count). The molecular weight excluding hydrogens is 200 g/mol. The van der Waals surface area contributed by atoms with Crippen molar-refractivity contribution in [1.82, 2.24) is 10.2 Å². The Morgan fingerprint density at radius 2 is 1.87 bits per heavy atom. The van der Waals surface area contributed by atoms with Crippen LogP contribution in [0.4, 0.5) is 4.79 Å². The fourth-order valence-electron chi connectivity index (χ4n) is 1.48. The molecule has 0 spiro atoms. The highest BCUT2D eigenvalue weighted by Gasteiger charge is 2.19. The van der Waals surface area contributed by atoms with Crippen LogP contribution in [0.25, 0.3) is 0 Å². The Labute approximate surface area is 87.9 Å². The maximum Gasteiger partial charge on any atom is 0.334 e. The highest BCUT2D eigenvalue weighted by Crippen LogP contribution is 2.08. The summed E-state index contributed by atoms with van der Waals surface area (Å²) >= 11 is 0. The molecule has 2 amide bonds. The summed E-state index contributed by atoms with van der Waals surface area (Å²) in [6.45, 7) is 1.16. The second kappa shape index (κ2) is 5.55. The lowest BCUT2D eigenvalue weighted by Gasteiger charge is -2.26. The van der Waals surface area contributed by atoms with Crippen LogP contribution < -0.4 is 5.32 Å². The number of urea groups is 1. The number of carboxylic acids is 1. The molecule has 1 heterocycles. The maximum atomic E-state index is 11.4. The molecule has 0 radical (unpaired) electrons. The van der Waals surface area contributed by atoms with E-state index in [4.69, 9.17) is 10.2 Å². The molecule has 0 aromatic heterocycles. The fourth-order valence-corrected chi connectivity index (χ4v) is 1.48. The lowest BCUT2D eigenvalue weighted by Crippen LogP contribution is -2.46. The zero-order chi connectivity index (χ0) is 11.3. The van der Waals surface area contributed by atoms with E-state index in [0.717, 1.165) is 19.3 Å². The van der Waals surface area contributed by atoms with Crippen molar-refractivity contribution in [1.29, 1.82) is 0 Å². The zero-order valence-corrected chi connectivity index (χ0v) is 8.48. The number of carboxylic acid groups (broad SMARTS) is 1. The Hall–Kier alpha value is -1.30. The van der Waals surface area contributed by atoms with Crippen molar-refractivity contribution in [2.75, 3.05) is 19.6 Å². The fraction of sp³-hybridized carbons (Fsp3) is 0.778. The van der Waals surface area contributed by atoms with Gasteiger partial charge in [0.05, 0.1) is 6.54 Å². The van der Waals surface area contributed by atoms with Gasteiger partial charge in [-0.05, 0) is 19.3 Å². The SMILES string of the molecule is O=C(O)C(O)CNC(=O)N1CCCCC1. The third kappa shape index (κ3) is 3.75. The molecule has 86 valence electrons. The number of carbonyl (C=O) groups excluding carboxylic acids is 1. The van der Waals surface area contributed by atoms with E-state index in [2.05, 4.69) is 5.32 Å². The number of hydrogen-bond acceptors (Lipinski definition) is 3. The number of hydrogen-bond donors (Lipinski definition) is 3. The molecule has 0 bridgehead atoms. The Balaban J connectivity index is 2.25. The smallest absolute Gasteiger partial charge is 0.334 e. The number of carbonyl (C=O) groups is 2. The number of nitrogens with one attached hydrogen (secondary N) is 1. The summed E-state index contributed by atoms with van der Waals surface area (Å²) in [5.41, 5.74) is 0. The van der Waals surface area contributed by atoms with Crippen molar-refractivity contribution in [2.45, 2.75) is 25.4 Å². The van der Waals surface area contributed by atoms with Gasteiger partial charge < -0.3 is 20.4 Å². The topological polar surface area (TPSA) is 89.9 Å². The van der Waals surface area contributed by atoms with Gasteiger partial charge in [-0.15, -0.1) is 0 Å². The molecular formula is C9H16N2O4. The van der Waals surface area contributed by atoms with Gasteiger partial charge in [-0.2, -0.15) is 0 Å². The average molecular weight is 216 g/mol. The molecule has 1 saturated heterocycles. The molecule has 6 nitrogen and oxygen atoms in total. The van der Waals surface area contributed by atoms with E-state index in [1.165, 1.54) is 0 Å². The van der Waals surface area contributed by atoms with Crippen LogP contribution in [0.1, 0.15) is 19.3 Å². The van der Waals surface area contributed by atoms with Crippen LogP contribution in [0, 0.1) is 0 Å². The second-order valence-electron chi connectivity index (χ2n) is 3.59. The molecule has 0 aliphatic carbocycles. The first-order valence-electron chi connectivity index (χ1n) is 5.05. The molecule has 3 N–H and O–H groups in total. The van der Waals surface area contributed by atoms with Crippen molar-refractivity contribution in [3.8, 4) is 0 Å². The molecule has 1 fully saturated rings. The molecule has 6 heteroatoms. The summed E-state index contributed by atoms with van der Waals surface area (Å²) in [4.78, 5) is 23.3. The second-order valence-corrected chi connectivity index (χ2v) is 3.59. The van der Waals surface area contributed by atoms with E-state index in [0.29, 0.717) is 13.1 Å². The van der Waals surface area contributed by atoms with Crippen molar-refractivity contribution in [3.63, 3.8) is 0 Å². The minimum Gasteiger partial charge on any atom is -0.479 e. The molecule has 1 aliphatic rings. The lowest BCUT2D eigenvalue weighted by atomic mass is 10.1. The van der Waals surface area contributed by atoms with Gasteiger partial charge in [0.2, 0.25) is 0 Å². The van der Waals surface area contributed by atoms with Gasteiger partial charge in [0.1, 0.15) is 0 Å². The maximum absolute atomic E-state index is 11.4. The van der Waals surface area contributed by atoms with E-state index >= 15 is 0 Å². The van der Waals surface area contributed by atoms with E-state index in [9.17, 15) is 9.59 Å². The van der Waals surface area contributed by atoms with Crippen LogP contribution in [-0.2, 0) is 4.79 Å². The van der Waals surface area contributed by atoms with Gasteiger partial charge in [-0.1, -0.05) is 0 Å². The summed E-state index contributed by atoms with van der Waals surface area (Å²) in [7, 11) is 0. The highest BCUT2D eigenvalue weighted by molar-refractivity contribution is 5.76. The van der Waals surface area contributed by atoms with Crippen molar-refractivity contribution in [3.05, 3.63) is 0 Å². The van der Waals surface area contributed by atoms with E-state index in [1.807, 2.05) is 0 Å². The van der Waals surface area contributed by atoms with Crippen LogP contribution in [0.5, 0.6) is 0 Å². The van der Waals surface area contributed by atoms with Gasteiger partial charge in [0.15, 0.2) is 6.10 Å². The number of nitrogens with zero attached hydrogens (tertiary/aromatic N) is 1. The molecule has 1 unspecified atom stereocenters. The predicted octanol–water partition coefficient (Wildman–Crippen LogP) is -0.373. The van der Waals surface area contributed by atoms with Crippen molar-refractivity contribution < 1.29 is 19.8 Å². The summed E-state index contributed by atoms with van der Waals surface area (Å²) < 4.78 is 0. The first-order valence-corrected chi connectivity index (χ1v) is 5.05. The summed E-state index contributed by atoms with van der Waals surface area (Å²) in [5.74, 6) is -1.33. The lowest BCUT2D eigenvalue weighted by molar-refractivity contribution is -0.146. The summed E-state index contributed by atoms with van der Waals surface area (Å²) in [6, 6.07) is -0.296. The number of aliphatic hydroxyl groups excluding tert-OH is 1. The molecule has 15 heavy (non-hydrogen) atoms. The minimum atomic E-state index is -1.53.